The normalized spacial score (nSPS) is 11.1. The molecule has 0 aliphatic rings. The van der Waals surface area contributed by atoms with Crippen molar-refractivity contribution in [1.29, 1.82) is 0 Å². The van der Waals surface area contributed by atoms with Crippen LogP contribution in [-0.4, -0.2) is 23.8 Å². The molecule has 0 fully saturated rings. The molecular weight excluding hydrogens is 295 g/mol. The Kier molecular flexibility index (Phi) is 4.42. The van der Waals surface area contributed by atoms with E-state index in [1.165, 1.54) is 5.32 Å². The number of nitrogens with one attached hydrogen (secondary N) is 1. The molecule has 0 aliphatic carbocycles. The average molecular weight is 300 g/mol. The van der Waals surface area contributed by atoms with Crippen LogP contribution in [0.5, 0.6) is 0 Å². The first-order chi connectivity index (χ1) is 9.10. The van der Waals surface area contributed by atoms with Crippen molar-refractivity contribution in [2.24, 2.45) is 0 Å². The van der Waals surface area contributed by atoms with E-state index in [0.29, 0.717) is 6.07 Å². The summed E-state index contributed by atoms with van der Waals surface area (Å²) in [6, 6.07) is 0.509. The maximum Gasteiger partial charge on any atom is 0.422 e. The molecule has 1 amide bonds. The van der Waals surface area contributed by atoms with Gasteiger partial charge in [-0.15, -0.1) is 0 Å². The third kappa shape index (κ3) is 4.33. The Morgan fingerprint density at radius 1 is 1.35 bits per heavy atom. The summed E-state index contributed by atoms with van der Waals surface area (Å²) in [6.07, 6.45) is -6.58. The second-order valence-corrected chi connectivity index (χ2v) is 3.36. The zero-order valence-corrected chi connectivity index (χ0v) is 9.33. The van der Waals surface area contributed by atoms with Crippen molar-refractivity contribution in [3.63, 3.8) is 0 Å². The predicted molar refractivity (Wildman–Crippen MR) is 54.0 cm³/mol. The molecule has 1 aromatic carbocycles. The standard InChI is InChI=1S/C9H5F5N2O4/c10-4-1-5(11)7(6(2-4)16(18)19)15-8(17)20-3-9(12,13)14/h1-2H,3H2,(H,15,17). The molecule has 0 aliphatic heterocycles. The zero-order chi connectivity index (χ0) is 15.5. The van der Waals surface area contributed by atoms with E-state index < -0.39 is 46.8 Å². The Morgan fingerprint density at radius 3 is 2.45 bits per heavy atom. The fourth-order valence-electron chi connectivity index (χ4n) is 1.11. The van der Waals surface area contributed by atoms with Gasteiger partial charge in [0.1, 0.15) is 5.82 Å². The monoisotopic (exact) mass is 300 g/mol. The van der Waals surface area contributed by atoms with Crippen molar-refractivity contribution in [1.82, 2.24) is 0 Å². The highest BCUT2D eigenvalue weighted by Gasteiger charge is 2.30. The van der Waals surface area contributed by atoms with Gasteiger partial charge >= 0.3 is 12.3 Å². The third-order valence-electron chi connectivity index (χ3n) is 1.82. The fourth-order valence-corrected chi connectivity index (χ4v) is 1.11. The number of carbonyl (C=O) groups excluding carboxylic acids is 1. The molecule has 1 aromatic rings. The lowest BCUT2D eigenvalue weighted by atomic mass is 10.2. The van der Waals surface area contributed by atoms with Crippen LogP contribution >= 0.6 is 0 Å². The number of nitro benzene ring substituents is 1. The van der Waals surface area contributed by atoms with Gasteiger partial charge in [-0.3, -0.25) is 15.4 Å². The van der Waals surface area contributed by atoms with Gasteiger partial charge in [0.25, 0.3) is 5.69 Å². The number of amides is 1. The van der Waals surface area contributed by atoms with Gasteiger partial charge in [0.15, 0.2) is 18.1 Å². The Morgan fingerprint density at radius 2 is 1.95 bits per heavy atom. The van der Waals surface area contributed by atoms with Crippen LogP contribution in [0.4, 0.5) is 38.1 Å². The maximum absolute atomic E-state index is 13.3. The first-order valence-corrected chi connectivity index (χ1v) is 4.74. The van der Waals surface area contributed by atoms with Gasteiger partial charge in [-0.2, -0.15) is 13.2 Å². The fraction of sp³-hybridized carbons (Fsp3) is 0.222. The summed E-state index contributed by atoms with van der Waals surface area (Å²) in [5, 5.41) is 11.9. The first kappa shape index (κ1) is 15.6. The molecule has 6 nitrogen and oxygen atoms in total. The summed E-state index contributed by atoms with van der Waals surface area (Å²) >= 11 is 0. The van der Waals surface area contributed by atoms with Crippen LogP contribution in [0, 0.1) is 21.7 Å². The Balaban J connectivity index is 2.92. The van der Waals surface area contributed by atoms with Gasteiger partial charge in [0.05, 0.1) is 11.0 Å². The number of hydrogen-bond donors (Lipinski definition) is 1. The van der Waals surface area contributed by atoms with E-state index in [1.807, 2.05) is 0 Å². The van der Waals surface area contributed by atoms with E-state index in [9.17, 15) is 36.9 Å². The van der Waals surface area contributed by atoms with Gasteiger partial charge in [0.2, 0.25) is 0 Å². The van der Waals surface area contributed by atoms with Crippen molar-refractivity contribution in [3.8, 4) is 0 Å². The molecule has 0 aromatic heterocycles. The van der Waals surface area contributed by atoms with Crippen molar-refractivity contribution in [2.75, 3.05) is 11.9 Å². The number of ether oxygens (including phenoxy) is 1. The minimum atomic E-state index is -4.81. The largest absolute Gasteiger partial charge is 0.440 e. The second-order valence-electron chi connectivity index (χ2n) is 3.36. The highest BCUT2D eigenvalue weighted by molar-refractivity contribution is 5.88. The third-order valence-corrected chi connectivity index (χ3v) is 1.82. The van der Waals surface area contributed by atoms with E-state index in [-0.39, 0.29) is 6.07 Å². The quantitative estimate of drug-likeness (QED) is 0.528. The maximum atomic E-state index is 13.3. The highest BCUT2D eigenvalue weighted by atomic mass is 19.4. The molecule has 0 saturated carbocycles. The molecule has 0 heterocycles. The number of carbonyl (C=O) groups is 1. The van der Waals surface area contributed by atoms with E-state index >= 15 is 0 Å². The van der Waals surface area contributed by atoms with Crippen LogP contribution in [0.25, 0.3) is 0 Å². The molecule has 1 N–H and O–H groups in total. The van der Waals surface area contributed by atoms with Gasteiger partial charge in [-0.25, -0.2) is 13.6 Å². The molecule has 0 bridgehead atoms. The highest BCUT2D eigenvalue weighted by Crippen LogP contribution is 2.28. The number of hydrogen-bond acceptors (Lipinski definition) is 4. The zero-order valence-electron chi connectivity index (χ0n) is 9.33. The Hall–Kier alpha value is -2.46. The van der Waals surface area contributed by atoms with Gasteiger partial charge in [-0.1, -0.05) is 0 Å². The van der Waals surface area contributed by atoms with Crippen LogP contribution in [0.15, 0.2) is 12.1 Å². The van der Waals surface area contributed by atoms with E-state index in [2.05, 4.69) is 4.74 Å². The molecule has 0 saturated heterocycles. The Bertz CT molecular complexity index is 546. The molecule has 1 rings (SSSR count). The molecule has 110 valence electrons. The molecule has 11 heteroatoms. The lowest BCUT2D eigenvalue weighted by Crippen LogP contribution is -2.24. The number of halogens is 5. The van der Waals surface area contributed by atoms with Gasteiger partial charge in [-0.05, 0) is 0 Å². The summed E-state index contributed by atoms with van der Waals surface area (Å²) in [7, 11) is 0. The van der Waals surface area contributed by atoms with E-state index in [1.54, 1.807) is 0 Å². The lowest BCUT2D eigenvalue weighted by molar-refractivity contribution is -0.384. The first-order valence-electron chi connectivity index (χ1n) is 4.74. The molecular formula is C9H5F5N2O4. The van der Waals surface area contributed by atoms with Crippen LogP contribution in [0.3, 0.4) is 0 Å². The SMILES string of the molecule is O=C(Nc1c(F)cc(F)cc1[N+](=O)[O-])OCC(F)(F)F. The molecule has 0 atom stereocenters. The molecule has 0 unspecified atom stereocenters. The summed E-state index contributed by atoms with van der Waals surface area (Å²) in [6.45, 7) is -1.96. The number of alkyl halides is 3. The van der Waals surface area contributed by atoms with Gasteiger partial charge < -0.3 is 4.74 Å². The molecule has 20 heavy (non-hydrogen) atoms. The molecule has 0 spiro atoms. The van der Waals surface area contributed by atoms with Crippen LogP contribution in [0.1, 0.15) is 0 Å². The Labute approximate surface area is 107 Å². The minimum absolute atomic E-state index is 0.215. The second kappa shape index (κ2) is 5.67. The van der Waals surface area contributed by atoms with Crippen molar-refractivity contribution in [2.45, 2.75) is 6.18 Å². The summed E-state index contributed by atoms with van der Waals surface area (Å²) in [5.41, 5.74) is -2.25. The van der Waals surface area contributed by atoms with Crippen molar-refractivity contribution >= 4 is 17.5 Å². The number of nitro groups is 1. The number of rotatable bonds is 3. The average Bonchev–Trinajstić information content (AvgIpc) is 2.28. The molecule has 0 radical (unpaired) electrons. The topological polar surface area (TPSA) is 81.5 Å². The van der Waals surface area contributed by atoms with E-state index in [4.69, 9.17) is 0 Å². The van der Waals surface area contributed by atoms with Gasteiger partial charge in [0, 0.05) is 6.07 Å². The lowest BCUT2D eigenvalue weighted by Gasteiger charge is -2.10. The van der Waals surface area contributed by atoms with Crippen LogP contribution in [-0.2, 0) is 4.74 Å². The summed E-state index contributed by atoms with van der Waals surface area (Å²) in [4.78, 5) is 20.3. The summed E-state index contributed by atoms with van der Waals surface area (Å²) < 4.78 is 65.0. The summed E-state index contributed by atoms with van der Waals surface area (Å²) in [5.74, 6) is -2.82. The van der Waals surface area contributed by atoms with Crippen molar-refractivity contribution < 1.29 is 36.4 Å². The number of anilines is 1. The smallest absolute Gasteiger partial charge is 0.422 e. The van der Waals surface area contributed by atoms with Crippen LogP contribution < -0.4 is 5.32 Å². The van der Waals surface area contributed by atoms with Crippen molar-refractivity contribution in [3.05, 3.63) is 33.9 Å². The number of benzene rings is 1. The number of nitrogens with zero attached hydrogens (tertiary/aromatic N) is 1. The van der Waals surface area contributed by atoms with Crippen LogP contribution in [0.2, 0.25) is 0 Å². The predicted octanol–water partition coefficient (Wildman–Crippen LogP) is 2.98. The van der Waals surface area contributed by atoms with E-state index in [0.717, 1.165) is 0 Å². The minimum Gasteiger partial charge on any atom is -0.440 e.